The first kappa shape index (κ1) is 14.2. The van der Waals surface area contributed by atoms with Gasteiger partial charge in [0.2, 0.25) is 10.0 Å². The van der Waals surface area contributed by atoms with E-state index in [4.69, 9.17) is 11.6 Å². The van der Waals surface area contributed by atoms with Gasteiger partial charge in [-0.1, -0.05) is 11.6 Å². The Labute approximate surface area is 116 Å². The number of esters is 1. The molecule has 2 rings (SSSR count). The molecule has 19 heavy (non-hydrogen) atoms. The third-order valence-corrected chi connectivity index (χ3v) is 5.09. The van der Waals surface area contributed by atoms with Crippen LogP contribution in [0.2, 0.25) is 5.15 Å². The van der Waals surface area contributed by atoms with Crippen LogP contribution in [0.3, 0.4) is 0 Å². The fraction of sp³-hybridized carbons (Fsp3) is 0.455. The van der Waals surface area contributed by atoms with Crippen molar-refractivity contribution in [2.24, 2.45) is 0 Å². The summed E-state index contributed by atoms with van der Waals surface area (Å²) in [6.07, 6.45) is 2.40. The highest BCUT2D eigenvalue weighted by Gasteiger charge is 2.40. The monoisotopic (exact) mass is 304 g/mol. The number of carbonyl (C=O) groups excluding carboxylic acids is 1. The molecule has 0 aromatic carbocycles. The number of nitrogens with zero attached hydrogens (tertiary/aromatic N) is 2. The van der Waals surface area contributed by atoms with Crippen LogP contribution in [0.5, 0.6) is 0 Å². The van der Waals surface area contributed by atoms with E-state index in [1.165, 1.54) is 25.4 Å². The molecule has 1 fully saturated rings. The van der Waals surface area contributed by atoms with Gasteiger partial charge in [-0.25, -0.2) is 13.4 Å². The van der Waals surface area contributed by atoms with Crippen LogP contribution in [0.1, 0.15) is 12.8 Å². The summed E-state index contributed by atoms with van der Waals surface area (Å²) in [7, 11) is -2.51. The maximum atomic E-state index is 12.4. The standard InChI is InChI=1S/C11H13ClN2O4S/c1-18-11(15)9-3-2-6-14(9)19(16,17)8-4-5-13-10(12)7-8/h4-5,7,9H,2-3,6H2,1H3. The van der Waals surface area contributed by atoms with Crippen molar-refractivity contribution in [3.63, 3.8) is 0 Å². The van der Waals surface area contributed by atoms with Gasteiger partial charge in [-0.2, -0.15) is 4.31 Å². The quantitative estimate of drug-likeness (QED) is 0.616. The molecule has 1 saturated heterocycles. The second-order valence-corrected chi connectivity index (χ2v) is 6.39. The summed E-state index contributed by atoms with van der Waals surface area (Å²) in [5.41, 5.74) is 0. The van der Waals surface area contributed by atoms with Crippen LogP contribution in [-0.2, 0) is 19.6 Å². The fourth-order valence-corrected chi connectivity index (χ4v) is 3.98. The predicted molar refractivity (Wildman–Crippen MR) is 68.2 cm³/mol. The molecular weight excluding hydrogens is 292 g/mol. The van der Waals surface area contributed by atoms with E-state index in [-0.39, 0.29) is 10.0 Å². The van der Waals surface area contributed by atoms with Crippen molar-refractivity contribution in [2.45, 2.75) is 23.8 Å². The number of hydrogen-bond acceptors (Lipinski definition) is 5. The van der Waals surface area contributed by atoms with Gasteiger partial charge < -0.3 is 4.74 Å². The van der Waals surface area contributed by atoms with Gasteiger partial charge in [0.1, 0.15) is 11.2 Å². The second kappa shape index (κ2) is 5.44. The maximum Gasteiger partial charge on any atom is 0.324 e. The summed E-state index contributed by atoms with van der Waals surface area (Å²) < 4.78 is 30.7. The van der Waals surface area contributed by atoms with E-state index in [2.05, 4.69) is 9.72 Å². The fourth-order valence-electron chi connectivity index (χ4n) is 2.08. The molecule has 0 bridgehead atoms. The van der Waals surface area contributed by atoms with E-state index in [9.17, 15) is 13.2 Å². The van der Waals surface area contributed by atoms with E-state index in [0.717, 1.165) is 4.31 Å². The summed E-state index contributed by atoms with van der Waals surface area (Å²) in [5.74, 6) is -0.541. The van der Waals surface area contributed by atoms with Crippen LogP contribution in [0.4, 0.5) is 0 Å². The Bertz CT molecular complexity index is 590. The van der Waals surface area contributed by atoms with Gasteiger partial charge in [0, 0.05) is 12.7 Å². The third kappa shape index (κ3) is 2.72. The highest BCUT2D eigenvalue weighted by molar-refractivity contribution is 7.89. The first-order valence-corrected chi connectivity index (χ1v) is 7.50. The average molecular weight is 305 g/mol. The third-order valence-electron chi connectivity index (χ3n) is 2.98. The molecular formula is C11H13ClN2O4S. The minimum atomic E-state index is -3.76. The number of halogens is 1. The number of hydrogen-bond donors (Lipinski definition) is 0. The molecule has 1 unspecified atom stereocenters. The van der Waals surface area contributed by atoms with E-state index in [1.807, 2.05) is 0 Å². The smallest absolute Gasteiger partial charge is 0.324 e. The molecule has 0 N–H and O–H groups in total. The Morgan fingerprint density at radius 3 is 2.95 bits per heavy atom. The molecule has 1 atom stereocenters. The van der Waals surface area contributed by atoms with Crippen LogP contribution in [0, 0.1) is 0 Å². The predicted octanol–water partition coefficient (Wildman–Crippen LogP) is 1.06. The Kier molecular flexibility index (Phi) is 4.07. The van der Waals surface area contributed by atoms with E-state index >= 15 is 0 Å². The molecule has 0 amide bonds. The molecule has 2 heterocycles. The first-order valence-electron chi connectivity index (χ1n) is 5.68. The molecule has 6 nitrogen and oxygen atoms in total. The lowest BCUT2D eigenvalue weighted by molar-refractivity contribution is -0.144. The van der Waals surface area contributed by atoms with E-state index < -0.39 is 22.0 Å². The highest BCUT2D eigenvalue weighted by atomic mass is 35.5. The van der Waals surface area contributed by atoms with Gasteiger partial charge in [-0.3, -0.25) is 4.79 Å². The summed E-state index contributed by atoms with van der Waals surface area (Å²) in [5, 5.41) is 0.0925. The van der Waals surface area contributed by atoms with Crippen LogP contribution < -0.4 is 0 Å². The summed E-state index contributed by atoms with van der Waals surface area (Å²) in [4.78, 5) is 15.4. The number of aromatic nitrogens is 1. The van der Waals surface area contributed by atoms with Crippen molar-refractivity contribution in [1.29, 1.82) is 0 Å². The van der Waals surface area contributed by atoms with Crippen molar-refractivity contribution in [2.75, 3.05) is 13.7 Å². The van der Waals surface area contributed by atoms with Crippen LogP contribution in [0.15, 0.2) is 23.2 Å². The number of carbonyl (C=O) groups is 1. The van der Waals surface area contributed by atoms with Crippen LogP contribution in [-0.4, -0.2) is 43.4 Å². The zero-order valence-corrected chi connectivity index (χ0v) is 11.8. The number of ether oxygens (including phenoxy) is 1. The zero-order valence-electron chi connectivity index (χ0n) is 10.2. The number of rotatable bonds is 3. The van der Waals surface area contributed by atoms with E-state index in [0.29, 0.717) is 19.4 Å². The van der Waals surface area contributed by atoms with Gasteiger partial charge in [0.25, 0.3) is 0 Å². The normalized spacial score (nSPS) is 20.4. The highest BCUT2D eigenvalue weighted by Crippen LogP contribution is 2.27. The molecule has 104 valence electrons. The molecule has 1 aliphatic rings. The van der Waals surface area contributed by atoms with Crippen LogP contribution >= 0.6 is 11.6 Å². The average Bonchev–Trinajstić information content (AvgIpc) is 2.87. The Morgan fingerprint density at radius 1 is 1.58 bits per heavy atom. The molecule has 0 spiro atoms. The van der Waals surface area contributed by atoms with Crippen molar-refractivity contribution >= 4 is 27.6 Å². The Balaban J connectivity index is 2.36. The van der Waals surface area contributed by atoms with Crippen molar-refractivity contribution in [3.05, 3.63) is 23.5 Å². The van der Waals surface area contributed by atoms with Crippen molar-refractivity contribution in [3.8, 4) is 0 Å². The lowest BCUT2D eigenvalue weighted by Crippen LogP contribution is -2.41. The molecule has 0 aliphatic carbocycles. The topological polar surface area (TPSA) is 76.6 Å². The zero-order chi connectivity index (χ0) is 14.0. The van der Waals surface area contributed by atoms with Gasteiger partial charge in [0.15, 0.2) is 0 Å². The lowest BCUT2D eigenvalue weighted by Gasteiger charge is -2.22. The van der Waals surface area contributed by atoms with Crippen molar-refractivity contribution < 1.29 is 17.9 Å². The van der Waals surface area contributed by atoms with Gasteiger partial charge in [0.05, 0.1) is 12.0 Å². The largest absolute Gasteiger partial charge is 0.468 e. The SMILES string of the molecule is COC(=O)C1CCCN1S(=O)(=O)c1ccnc(Cl)c1. The number of sulfonamides is 1. The molecule has 0 saturated carbocycles. The minimum Gasteiger partial charge on any atom is -0.468 e. The van der Waals surface area contributed by atoms with Crippen LogP contribution in [0.25, 0.3) is 0 Å². The van der Waals surface area contributed by atoms with Gasteiger partial charge >= 0.3 is 5.97 Å². The van der Waals surface area contributed by atoms with Gasteiger partial charge in [-0.15, -0.1) is 0 Å². The Hall–Kier alpha value is -1.18. The summed E-state index contributed by atoms with van der Waals surface area (Å²) in [6, 6.07) is 1.86. The maximum absolute atomic E-state index is 12.4. The summed E-state index contributed by atoms with van der Waals surface area (Å²) >= 11 is 5.70. The molecule has 1 aliphatic heterocycles. The van der Waals surface area contributed by atoms with E-state index in [1.54, 1.807) is 0 Å². The second-order valence-electron chi connectivity index (χ2n) is 4.11. The van der Waals surface area contributed by atoms with Gasteiger partial charge in [-0.05, 0) is 25.0 Å². The molecule has 0 radical (unpaired) electrons. The summed E-state index contributed by atoms with van der Waals surface area (Å²) in [6.45, 7) is 0.294. The number of pyridine rings is 1. The molecule has 1 aromatic heterocycles. The van der Waals surface area contributed by atoms with Crippen molar-refractivity contribution in [1.82, 2.24) is 9.29 Å². The molecule has 1 aromatic rings. The molecule has 8 heteroatoms. The lowest BCUT2D eigenvalue weighted by atomic mass is 10.2. The number of methoxy groups -OCH3 is 1. The first-order chi connectivity index (χ1) is 8.96. The Morgan fingerprint density at radius 2 is 2.32 bits per heavy atom. The minimum absolute atomic E-state index is 0.0308.